The van der Waals surface area contributed by atoms with Crippen LogP contribution in [0.1, 0.15) is 19.3 Å². The fourth-order valence-electron chi connectivity index (χ4n) is 2.26. The number of benzene rings is 1. The van der Waals surface area contributed by atoms with Crippen LogP contribution in [0.2, 0.25) is 0 Å². The Bertz CT molecular complexity index is 547. The van der Waals surface area contributed by atoms with Gasteiger partial charge in [-0.1, -0.05) is 0 Å². The Morgan fingerprint density at radius 2 is 2.21 bits per heavy atom. The number of anilines is 1. The maximum Gasteiger partial charge on any atom is 0.247 e. The first-order valence-electron chi connectivity index (χ1n) is 6.07. The van der Waals surface area contributed by atoms with Crippen molar-refractivity contribution in [1.82, 2.24) is 0 Å². The lowest BCUT2D eigenvalue weighted by atomic mass is 9.69. The highest BCUT2D eigenvalue weighted by Crippen LogP contribution is 2.43. The number of rotatable bonds is 3. The SMILES string of the molecule is COc1ccc(F)cc1N(C)C(=O)C1(C#N)CCC1. The Hall–Kier alpha value is -2.09. The molecule has 0 aromatic heterocycles. The van der Waals surface area contributed by atoms with Gasteiger partial charge in [-0.05, 0) is 31.4 Å². The molecule has 1 fully saturated rings. The summed E-state index contributed by atoms with van der Waals surface area (Å²) >= 11 is 0. The Morgan fingerprint density at radius 3 is 2.68 bits per heavy atom. The number of carbonyl (C=O) groups is 1. The van der Waals surface area contributed by atoms with Crippen LogP contribution in [-0.2, 0) is 4.79 Å². The van der Waals surface area contributed by atoms with E-state index in [0.29, 0.717) is 24.3 Å². The number of nitriles is 1. The lowest BCUT2D eigenvalue weighted by Crippen LogP contribution is -2.45. The summed E-state index contributed by atoms with van der Waals surface area (Å²) in [6.07, 6.45) is 1.99. The summed E-state index contributed by atoms with van der Waals surface area (Å²) < 4.78 is 18.4. The predicted molar refractivity (Wildman–Crippen MR) is 68.3 cm³/mol. The van der Waals surface area contributed by atoms with Gasteiger partial charge in [-0.25, -0.2) is 4.39 Å². The second-order valence-corrected chi connectivity index (χ2v) is 4.73. The fourth-order valence-corrected chi connectivity index (χ4v) is 2.26. The third-order valence-electron chi connectivity index (χ3n) is 3.64. The summed E-state index contributed by atoms with van der Waals surface area (Å²) in [5.74, 6) is -0.343. The monoisotopic (exact) mass is 262 g/mol. The van der Waals surface area contributed by atoms with Crippen molar-refractivity contribution in [3.05, 3.63) is 24.0 Å². The molecule has 1 aliphatic rings. The molecule has 0 saturated heterocycles. The zero-order valence-corrected chi connectivity index (χ0v) is 10.9. The Balaban J connectivity index is 2.34. The van der Waals surface area contributed by atoms with Gasteiger partial charge in [0.05, 0.1) is 18.9 Å². The normalized spacial score (nSPS) is 16.1. The predicted octanol–water partition coefficient (Wildman–Crippen LogP) is 2.49. The number of hydrogen-bond acceptors (Lipinski definition) is 3. The van der Waals surface area contributed by atoms with Crippen LogP contribution < -0.4 is 9.64 Å². The van der Waals surface area contributed by atoms with Crippen LogP contribution in [0.4, 0.5) is 10.1 Å². The molecule has 100 valence electrons. The van der Waals surface area contributed by atoms with Crippen LogP contribution in [0, 0.1) is 22.6 Å². The minimum Gasteiger partial charge on any atom is -0.495 e. The molecule has 0 aliphatic heterocycles. The van der Waals surface area contributed by atoms with E-state index < -0.39 is 11.2 Å². The van der Waals surface area contributed by atoms with Crippen molar-refractivity contribution >= 4 is 11.6 Å². The summed E-state index contributed by atoms with van der Waals surface area (Å²) in [4.78, 5) is 13.7. The third kappa shape index (κ3) is 2.14. The van der Waals surface area contributed by atoms with Gasteiger partial charge in [0.25, 0.3) is 0 Å². The average Bonchev–Trinajstić information content (AvgIpc) is 2.37. The highest BCUT2D eigenvalue weighted by molar-refractivity contribution is 6.00. The summed E-state index contributed by atoms with van der Waals surface area (Å²) in [6.45, 7) is 0. The second-order valence-electron chi connectivity index (χ2n) is 4.73. The van der Waals surface area contributed by atoms with E-state index in [1.807, 2.05) is 0 Å². The van der Waals surface area contributed by atoms with E-state index in [1.165, 1.54) is 37.3 Å². The van der Waals surface area contributed by atoms with Gasteiger partial charge in [0.2, 0.25) is 5.91 Å². The quantitative estimate of drug-likeness (QED) is 0.841. The molecule has 2 rings (SSSR count). The highest BCUT2D eigenvalue weighted by Gasteiger charge is 2.46. The molecule has 1 amide bonds. The number of ether oxygens (including phenoxy) is 1. The standard InChI is InChI=1S/C14H15FN2O2/c1-17(13(18)14(9-16)6-3-7-14)11-8-10(15)4-5-12(11)19-2/h4-5,8H,3,6-7H2,1-2H3. The van der Waals surface area contributed by atoms with Crippen LogP contribution in [0.15, 0.2) is 18.2 Å². The van der Waals surface area contributed by atoms with Gasteiger partial charge < -0.3 is 9.64 Å². The Morgan fingerprint density at radius 1 is 1.53 bits per heavy atom. The van der Waals surface area contributed by atoms with E-state index in [-0.39, 0.29) is 5.91 Å². The van der Waals surface area contributed by atoms with E-state index in [0.717, 1.165) is 6.42 Å². The van der Waals surface area contributed by atoms with Crippen molar-refractivity contribution in [2.45, 2.75) is 19.3 Å². The molecule has 1 aliphatic carbocycles. The molecule has 0 atom stereocenters. The second kappa shape index (κ2) is 4.88. The topological polar surface area (TPSA) is 53.3 Å². The van der Waals surface area contributed by atoms with Crippen molar-refractivity contribution in [2.24, 2.45) is 5.41 Å². The zero-order valence-electron chi connectivity index (χ0n) is 10.9. The molecule has 1 saturated carbocycles. The van der Waals surface area contributed by atoms with Gasteiger partial charge in [-0.15, -0.1) is 0 Å². The molecule has 0 spiro atoms. The van der Waals surface area contributed by atoms with E-state index in [2.05, 4.69) is 6.07 Å². The number of amides is 1. The summed E-state index contributed by atoms with van der Waals surface area (Å²) in [6, 6.07) is 6.06. The molecule has 0 bridgehead atoms. The van der Waals surface area contributed by atoms with E-state index in [1.54, 1.807) is 0 Å². The molecule has 5 heteroatoms. The number of methoxy groups -OCH3 is 1. The maximum absolute atomic E-state index is 13.3. The summed E-state index contributed by atoms with van der Waals surface area (Å²) in [5, 5.41) is 9.18. The van der Waals surface area contributed by atoms with Crippen molar-refractivity contribution in [3.63, 3.8) is 0 Å². The highest BCUT2D eigenvalue weighted by atomic mass is 19.1. The Kier molecular flexibility index (Phi) is 3.43. The molecule has 0 heterocycles. The smallest absolute Gasteiger partial charge is 0.247 e. The van der Waals surface area contributed by atoms with Gasteiger partial charge in [0, 0.05) is 13.1 Å². The molecular formula is C14H15FN2O2. The van der Waals surface area contributed by atoms with Crippen LogP contribution in [-0.4, -0.2) is 20.1 Å². The number of hydrogen-bond donors (Lipinski definition) is 0. The third-order valence-corrected chi connectivity index (χ3v) is 3.64. The molecule has 19 heavy (non-hydrogen) atoms. The van der Waals surface area contributed by atoms with Gasteiger partial charge in [-0.2, -0.15) is 5.26 Å². The average molecular weight is 262 g/mol. The maximum atomic E-state index is 13.3. The van der Waals surface area contributed by atoms with Crippen LogP contribution in [0.5, 0.6) is 5.75 Å². The van der Waals surface area contributed by atoms with Crippen molar-refractivity contribution in [3.8, 4) is 11.8 Å². The van der Waals surface area contributed by atoms with Crippen molar-refractivity contribution in [1.29, 1.82) is 5.26 Å². The van der Waals surface area contributed by atoms with E-state index >= 15 is 0 Å². The molecule has 1 aromatic rings. The summed E-state index contributed by atoms with van der Waals surface area (Å²) in [7, 11) is 3.00. The van der Waals surface area contributed by atoms with Gasteiger partial charge in [-0.3, -0.25) is 4.79 Å². The number of halogens is 1. The largest absolute Gasteiger partial charge is 0.495 e. The lowest BCUT2D eigenvalue weighted by Gasteiger charge is -2.36. The molecule has 0 unspecified atom stereocenters. The van der Waals surface area contributed by atoms with Crippen LogP contribution in [0.25, 0.3) is 0 Å². The summed E-state index contributed by atoms with van der Waals surface area (Å²) in [5.41, 5.74) is -0.611. The van der Waals surface area contributed by atoms with Gasteiger partial charge >= 0.3 is 0 Å². The van der Waals surface area contributed by atoms with Gasteiger partial charge in [0.1, 0.15) is 17.0 Å². The molecule has 0 radical (unpaired) electrons. The first kappa shape index (κ1) is 13.3. The number of nitrogens with zero attached hydrogens (tertiary/aromatic N) is 2. The lowest BCUT2D eigenvalue weighted by molar-refractivity contribution is -0.128. The van der Waals surface area contributed by atoms with Crippen molar-refractivity contribution in [2.75, 3.05) is 19.1 Å². The van der Waals surface area contributed by atoms with Gasteiger partial charge in [0.15, 0.2) is 0 Å². The van der Waals surface area contributed by atoms with E-state index in [4.69, 9.17) is 4.74 Å². The molecular weight excluding hydrogens is 247 g/mol. The van der Waals surface area contributed by atoms with Crippen LogP contribution >= 0.6 is 0 Å². The fraction of sp³-hybridized carbons (Fsp3) is 0.429. The first-order chi connectivity index (χ1) is 9.04. The molecule has 4 nitrogen and oxygen atoms in total. The minimum atomic E-state index is -0.952. The van der Waals surface area contributed by atoms with Crippen molar-refractivity contribution < 1.29 is 13.9 Å². The molecule has 1 aromatic carbocycles. The number of carbonyl (C=O) groups excluding carboxylic acids is 1. The first-order valence-corrected chi connectivity index (χ1v) is 6.07. The Labute approximate surface area is 111 Å². The van der Waals surface area contributed by atoms with E-state index in [9.17, 15) is 14.4 Å². The zero-order chi connectivity index (χ0) is 14.0. The molecule has 0 N–H and O–H groups in total. The minimum absolute atomic E-state index is 0.301. The van der Waals surface area contributed by atoms with Crippen LogP contribution in [0.3, 0.4) is 0 Å².